The third-order valence-electron chi connectivity index (χ3n) is 2.46. The monoisotopic (exact) mass is 375 g/mol. The van der Waals surface area contributed by atoms with Crippen molar-refractivity contribution in [3.8, 4) is 0 Å². The van der Waals surface area contributed by atoms with E-state index in [2.05, 4.69) is 0 Å². The molecule has 0 fully saturated rings. The number of hydrogen-bond donors (Lipinski definition) is 12. The number of carbonyl (C=O) groups is 3. The van der Waals surface area contributed by atoms with Crippen molar-refractivity contribution in [2.24, 2.45) is 5.73 Å². The molecule has 0 aliphatic carbocycles. The van der Waals surface area contributed by atoms with Gasteiger partial charge in [-0.2, -0.15) is 4.90 Å². The molecule has 0 saturated carbocycles. The van der Waals surface area contributed by atoms with E-state index in [1.165, 1.54) is 0 Å². The van der Waals surface area contributed by atoms with Gasteiger partial charge in [0.15, 0.2) is 5.60 Å². The highest BCUT2D eigenvalue weighted by molar-refractivity contribution is 5.95. The number of nitrogens with two attached hydrogens (primary N) is 1. The second kappa shape index (κ2) is 7.09. The van der Waals surface area contributed by atoms with Crippen LogP contribution in [0.2, 0.25) is 0 Å². The average molecular weight is 375 g/mol. The maximum absolute atomic E-state index is 11.8. The molecule has 0 heterocycles. The van der Waals surface area contributed by atoms with E-state index in [-0.39, 0.29) is 0 Å². The minimum absolute atomic E-state index is 0.911. The number of carbonyl (C=O) groups excluding carboxylic acids is 3. The molecule has 0 aliphatic rings. The van der Waals surface area contributed by atoms with Gasteiger partial charge in [0.05, 0.1) is 12.8 Å². The summed E-state index contributed by atoms with van der Waals surface area (Å²) >= 11 is 0. The molecule has 16 heteroatoms. The topological polar surface area (TPSA) is 295 Å². The molecule has 25 heavy (non-hydrogen) atoms. The first-order valence-electron chi connectivity index (χ1n) is 5.97. The summed E-state index contributed by atoms with van der Waals surface area (Å²) in [4.78, 5) is 33.1. The molecule has 0 aromatic rings. The molecule has 16 nitrogen and oxygen atoms in total. The molecule has 0 aromatic heterocycles. The van der Waals surface area contributed by atoms with E-state index in [0.717, 1.165) is 5.32 Å². The van der Waals surface area contributed by atoms with Crippen molar-refractivity contribution in [3.05, 3.63) is 0 Å². The Morgan fingerprint density at radius 3 is 1.48 bits per heavy atom. The molecule has 0 radical (unpaired) electrons. The number of hydrogen-bond acceptors (Lipinski definition) is 13. The van der Waals surface area contributed by atoms with E-state index < -0.39 is 59.4 Å². The van der Waals surface area contributed by atoms with Crippen LogP contribution in [0.4, 0.5) is 0 Å². The summed E-state index contributed by atoms with van der Waals surface area (Å²) in [6, 6.07) is 0. The fourth-order valence-electron chi connectivity index (χ4n) is 1.65. The van der Waals surface area contributed by atoms with Gasteiger partial charge in [-0.05, 0) is 0 Å². The molecule has 146 valence electrons. The van der Waals surface area contributed by atoms with Gasteiger partial charge in [-0.3, -0.25) is 19.7 Å². The van der Waals surface area contributed by atoms with Crippen LogP contribution in [0.15, 0.2) is 0 Å². The highest BCUT2D eigenvalue weighted by atomic mass is 16.8. The van der Waals surface area contributed by atoms with Crippen molar-refractivity contribution in [1.29, 1.82) is 0 Å². The molecule has 0 spiro atoms. The minimum Gasteiger partial charge on any atom is -0.379 e. The first-order valence-corrected chi connectivity index (χ1v) is 5.97. The van der Waals surface area contributed by atoms with Crippen molar-refractivity contribution in [2.45, 2.75) is 36.7 Å². The highest BCUT2D eigenvalue weighted by Gasteiger charge is 2.51. The molecule has 13 N–H and O–H groups in total. The van der Waals surface area contributed by atoms with Crippen LogP contribution in [0, 0.1) is 0 Å². The Bertz CT molecular complexity index is 516. The Hall–Kier alpha value is -1.99. The summed E-state index contributed by atoms with van der Waals surface area (Å²) in [6.07, 6.45) is -16.0. The van der Waals surface area contributed by atoms with Crippen LogP contribution in [0.25, 0.3) is 0 Å². The lowest BCUT2D eigenvalue weighted by Gasteiger charge is -2.37. The summed E-state index contributed by atoms with van der Waals surface area (Å²) < 4.78 is 0. The Morgan fingerprint density at radius 1 is 0.800 bits per heavy atom. The first-order chi connectivity index (χ1) is 10.8. The van der Waals surface area contributed by atoms with Crippen LogP contribution >= 0.6 is 0 Å². The third kappa shape index (κ3) is 7.19. The van der Waals surface area contributed by atoms with Gasteiger partial charge < -0.3 is 56.8 Å². The van der Waals surface area contributed by atoms with E-state index in [9.17, 15) is 19.5 Å². The van der Waals surface area contributed by atoms with Gasteiger partial charge in [-0.25, -0.2) is 0 Å². The Kier molecular flexibility index (Phi) is 6.53. The van der Waals surface area contributed by atoms with Gasteiger partial charge >= 0.3 is 18.3 Å². The summed E-state index contributed by atoms with van der Waals surface area (Å²) in [6.45, 7) is 0. The standard InChI is InChI=1S/C9H17N3O13/c10-3(13)1-6(16,5(15)11-7(17,18)19)2-4(14)12(8(20,21)22)9(23,24)25/h16-25H,1-2H2,(H2,10,13)(H,11,15). The summed E-state index contributed by atoms with van der Waals surface area (Å²) in [5.74, 6) is -5.66. The fraction of sp³-hybridized carbons (Fsp3) is 0.667. The summed E-state index contributed by atoms with van der Waals surface area (Å²) in [5.41, 5.74) is 1.38. The van der Waals surface area contributed by atoms with E-state index in [0.29, 0.717) is 0 Å². The van der Waals surface area contributed by atoms with Crippen LogP contribution in [0.3, 0.4) is 0 Å². The molecule has 0 aliphatic heterocycles. The predicted molar refractivity (Wildman–Crippen MR) is 66.5 cm³/mol. The number of amides is 3. The van der Waals surface area contributed by atoms with Gasteiger partial charge in [-0.15, -0.1) is 0 Å². The lowest BCUT2D eigenvalue weighted by Crippen LogP contribution is -2.66. The number of nitrogens with one attached hydrogen (secondary N) is 1. The molecule has 0 rings (SSSR count). The zero-order valence-electron chi connectivity index (χ0n) is 12.1. The van der Waals surface area contributed by atoms with Gasteiger partial charge in [0.1, 0.15) is 0 Å². The van der Waals surface area contributed by atoms with Crippen molar-refractivity contribution < 1.29 is 65.4 Å². The van der Waals surface area contributed by atoms with Crippen molar-refractivity contribution in [3.63, 3.8) is 0 Å². The Labute approximate surface area is 137 Å². The molecule has 0 bridgehead atoms. The highest BCUT2D eigenvalue weighted by Crippen LogP contribution is 2.23. The van der Waals surface area contributed by atoms with E-state index in [1.54, 1.807) is 0 Å². The maximum atomic E-state index is 11.8. The average Bonchev–Trinajstić information content (AvgIpc) is 2.19. The van der Waals surface area contributed by atoms with Crippen LogP contribution in [0.1, 0.15) is 12.8 Å². The number of rotatable bonds is 8. The Morgan fingerprint density at radius 2 is 1.20 bits per heavy atom. The molecule has 1 atom stereocenters. The quantitative estimate of drug-likeness (QED) is 0.176. The largest absolute Gasteiger partial charge is 0.379 e. The number of aliphatic hydroxyl groups is 10. The second-order valence-corrected chi connectivity index (χ2v) is 4.87. The summed E-state index contributed by atoms with van der Waals surface area (Å²) in [5, 5.41) is 89.7. The fourth-order valence-corrected chi connectivity index (χ4v) is 1.65. The van der Waals surface area contributed by atoms with E-state index >= 15 is 0 Å². The number of primary amides is 1. The smallest absolute Gasteiger partial charge is 0.378 e. The van der Waals surface area contributed by atoms with Gasteiger partial charge in [-0.1, -0.05) is 0 Å². The Balaban J connectivity index is 5.75. The zero-order valence-corrected chi connectivity index (χ0v) is 12.1. The van der Waals surface area contributed by atoms with Gasteiger partial charge in [0.2, 0.25) is 11.8 Å². The molecule has 1 unspecified atom stereocenters. The normalized spacial score (nSPS) is 15.3. The zero-order chi connectivity index (χ0) is 20.4. The molecule has 0 saturated heterocycles. The molecular formula is C9H17N3O13. The first kappa shape index (κ1) is 23.0. The van der Waals surface area contributed by atoms with Crippen molar-refractivity contribution in [1.82, 2.24) is 10.2 Å². The predicted octanol–water partition coefficient (Wildman–Crippen LogP) is -8.31. The van der Waals surface area contributed by atoms with Gasteiger partial charge in [0, 0.05) is 0 Å². The van der Waals surface area contributed by atoms with Crippen LogP contribution in [-0.2, 0) is 14.4 Å². The third-order valence-corrected chi connectivity index (χ3v) is 2.46. The van der Waals surface area contributed by atoms with Crippen LogP contribution in [0.5, 0.6) is 0 Å². The van der Waals surface area contributed by atoms with Crippen molar-refractivity contribution >= 4 is 17.7 Å². The second-order valence-electron chi connectivity index (χ2n) is 4.87. The van der Waals surface area contributed by atoms with Crippen LogP contribution < -0.4 is 11.1 Å². The lowest BCUT2D eigenvalue weighted by molar-refractivity contribution is -0.494. The SMILES string of the molecule is NC(=O)CC(O)(CC(=O)N(C(O)(O)O)C(O)(O)O)C(=O)NC(O)(O)O. The minimum atomic E-state index is -4.42. The molecule has 0 aromatic carbocycles. The molecular weight excluding hydrogens is 358 g/mol. The number of nitrogens with zero attached hydrogens (tertiary/aromatic N) is 1. The maximum Gasteiger partial charge on any atom is 0.378 e. The van der Waals surface area contributed by atoms with E-state index in [4.69, 9.17) is 51.7 Å². The van der Waals surface area contributed by atoms with Crippen molar-refractivity contribution in [2.75, 3.05) is 0 Å². The molecule has 3 amide bonds. The lowest BCUT2D eigenvalue weighted by atomic mass is 9.93. The van der Waals surface area contributed by atoms with E-state index in [1.807, 2.05) is 0 Å². The van der Waals surface area contributed by atoms with Crippen LogP contribution in [-0.4, -0.2) is 97.6 Å². The van der Waals surface area contributed by atoms with Gasteiger partial charge in [0.25, 0.3) is 5.91 Å². The summed E-state index contributed by atoms with van der Waals surface area (Å²) in [7, 11) is 0.